The molecule has 1 N–H and O–H groups in total. The summed E-state index contributed by atoms with van der Waals surface area (Å²) in [4.78, 5) is 2.34. The van der Waals surface area contributed by atoms with Gasteiger partial charge in [-0.1, -0.05) is 30.5 Å². The monoisotopic (exact) mass is 346 g/mol. The summed E-state index contributed by atoms with van der Waals surface area (Å²) in [5.74, 6) is 0.440. The minimum Gasteiger partial charge on any atom is -0.314 e. The SMILES string of the molecule is FC(F)(F)c1cc([C@H](C2CCCC2)N2CCNCC2)ccc1Cl. The molecule has 128 valence electrons. The number of nitrogens with zero attached hydrogens (tertiary/aromatic N) is 1. The van der Waals surface area contributed by atoms with Crippen molar-refractivity contribution in [3.63, 3.8) is 0 Å². The Balaban J connectivity index is 1.95. The van der Waals surface area contributed by atoms with Crippen molar-refractivity contribution in [2.24, 2.45) is 5.92 Å². The molecule has 1 saturated carbocycles. The number of piperazine rings is 1. The number of hydrogen-bond donors (Lipinski definition) is 1. The van der Waals surface area contributed by atoms with Crippen molar-refractivity contribution in [2.75, 3.05) is 26.2 Å². The molecule has 1 heterocycles. The Morgan fingerprint density at radius 3 is 2.39 bits per heavy atom. The number of halogens is 4. The van der Waals surface area contributed by atoms with Crippen molar-refractivity contribution in [1.29, 1.82) is 0 Å². The van der Waals surface area contributed by atoms with Crippen LogP contribution < -0.4 is 5.32 Å². The standard InChI is InChI=1S/C17H22ClF3N2/c18-15-6-5-13(11-14(15)17(19,20)21)16(12-3-1-2-4-12)23-9-7-22-8-10-23/h5-6,11-12,16,22H,1-4,7-10H2/t16-/m0/s1. The first-order chi connectivity index (χ1) is 11.0. The lowest BCUT2D eigenvalue weighted by atomic mass is 9.89. The fourth-order valence-electron chi connectivity index (χ4n) is 3.96. The first-order valence-corrected chi connectivity index (χ1v) is 8.66. The molecule has 0 amide bonds. The van der Waals surface area contributed by atoms with E-state index in [1.54, 1.807) is 6.07 Å². The average Bonchev–Trinajstić information content (AvgIpc) is 3.03. The lowest BCUT2D eigenvalue weighted by Crippen LogP contribution is -2.46. The number of rotatable bonds is 3. The third kappa shape index (κ3) is 3.83. The van der Waals surface area contributed by atoms with Gasteiger partial charge in [-0.25, -0.2) is 0 Å². The molecule has 1 aromatic carbocycles. The van der Waals surface area contributed by atoms with E-state index in [-0.39, 0.29) is 11.1 Å². The van der Waals surface area contributed by atoms with Crippen molar-refractivity contribution in [2.45, 2.75) is 37.9 Å². The number of hydrogen-bond acceptors (Lipinski definition) is 2. The van der Waals surface area contributed by atoms with Crippen molar-refractivity contribution in [1.82, 2.24) is 10.2 Å². The Morgan fingerprint density at radius 2 is 1.78 bits per heavy atom. The summed E-state index contributed by atoms with van der Waals surface area (Å²) in [6.45, 7) is 3.54. The quantitative estimate of drug-likeness (QED) is 0.867. The summed E-state index contributed by atoms with van der Waals surface area (Å²) in [6, 6.07) is 4.53. The lowest BCUT2D eigenvalue weighted by molar-refractivity contribution is -0.137. The van der Waals surface area contributed by atoms with Gasteiger partial charge < -0.3 is 5.32 Å². The molecule has 3 rings (SSSR count). The Kier molecular flexibility index (Phi) is 5.19. The van der Waals surface area contributed by atoms with Crippen molar-refractivity contribution >= 4 is 11.6 Å². The Morgan fingerprint density at radius 1 is 1.13 bits per heavy atom. The summed E-state index contributed by atoms with van der Waals surface area (Å²) >= 11 is 5.79. The predicted molar refractivity (Wildman–Crippen MR) is 85.6 cm³/mol. The van der Waals surface area contributed by atoms with Crippen molar-refractivity contribution in [3.8, 4) is 0 Å². The van der Waals surface area contributed by atoms with E-state index in [2.05, 4.69) is 10.2 Å². The van der Waals surface area contributed by atoms with Crippen LogP contribution in [0.3, 0.4) is 0 Å². The Bertz CT molecular complexity index is 535. The Labute approximate surface area is 140 Å². The minimum absolute atomic E-state index is 0.0676. The maximum atomic E-state index is 13.2. The largest absolute Gasteiger partial charge is 0.417 e. The zero-order chi connectivity index (χ0) is 16.4. The summed E-state index contributed by atoms with van der Waals surface area (Å²) < 4.78 is 39.6. The molecule has 1 aliphatic heterocycles. The van der Waals surface area contributed by atoms with Crippen LogP contribution in [0.2, 0.25) is 5.02 Å². The normalized spacial score (nSPS) is 22.4. The first-order valence-electron chi connectivity index (χ1n) is 8.28. The molecular weight excluding hydrogens is 325 g/mol. The highest BCUT2D eigenvalue weighted by Gasteiger charge is 2.36. The maximum absolute atomic E-state index is 13.2. The molecule has 6 heteroatoms. The highest BCUT2D eigenvalue weighted by molar-refractivity contribution is 6.31. The minimum atomic E-state index is -4.41. The molecule has 2 nitrogen and oxygen atoms in total. The van der Waals surface area contributed by atoms with E-state index < -0.39 is 11.7 Å². The maximum Gasteiger partial charge on any atom is 0.417 e. The van der Waals surface area contributed by atoms with Gasteiger partial charge in [0, 0.05) is 32.2 Å². The van der Waals surface area contributed by atoms with Crippen LogP contribution >= 0.6 is 11.6 Å². The summed E-state index contributed by atoms with van der Waals surface area (Å²) in [6.07, 6.45) is 0.133. The van der Waals surface area contributed by atoms with E-state index in [4.69, 9.17) is 11.6 Å². The van der Waals surface area contributed by atoms with Gasteiger partial charge in [-0.15, -0.1) is 0 Å². The van der Waals surface area contributed by atoms with Gasteiger partial charge >= 0.3 is 6.18 Å². The molecule has 2 fully saturated rings. The van der Waals surface area contributed by atoms with E-state index in [1.165, 1.54) is 25.0 Å². The number of nitrogens with one attached hydrogen (secondary N) is 1. The second-order valence-corrected chi connectivity index (χ2v) is 6.92. The van der Waals surface area contributed by atoms with Crippen LogP contribution in [0.25, 0.3) is 0 Å². The van der Waals surface area contributed by atoms with E-state index in [1.807, 2.05) is 0 Å². The molecule has 0 bridgehead atoms. The third-order valence-electron chi connectivity index (χ3n) is 5.03. The van der Waals surface area contributed by atoms with E-state index >= 15 is 0 Å². The molecule has 1 atom stereocenters. The smallest absolute Gasteiger partial charge is 0.314 e. The number of alkyl halides is 3. The van der Waals surface area contributed by atoms with Gasteiger partial charge in [-0.3, -0.25) is 4.90 Å². The number of benzene rings is 1. The fraction of sp³-hybridized carbons (Fsp3) is 0.647. The predicted octanol–water partition coefficient (Wildman–Crippen LogP) is 4.50. The van der Waals surface area contributed by atoms with E-state index in [0.29, 0.717) is 5.92 Å². The van der Waals surface area contributed by atoms with Crippen LogP contribution in [0, 0.1) is 5.92 Å². The molecule has 0 aromatic heterocycles. The summed E-state index contributed by atoms with van der Waals surface area (Å²) in [5.41, 5.74) is 0.0466. The van der Waals surface area contributed by atoms with Gasteiger partial charge in [0.05, 0.1) is 10.6 Å². The Hall–Kier alpha value is -0.780. The zero-order valence-corrected chi connectivity index (χ0v) is 13.8. The average molecular weight is 347 g/mol. The van der Waals surface area contributed by atoms with Crippen LogP contribution in [0.4, 0.5) is 13.2 Å². The molecule has 1 aromatic rings. The lowest BCUT2D eigenvalue weighted by Gasteiger charge is -2.39. The van der Waals surface area contributed by atoms with Crippen molar-refractivity contribution < 1.29 is 13.2 Å². The molecule has 0 radical (unpaired) electrons. The molecular formula is C17H22ClF3N2. The topological polar surface area (TPSA) is 15.3 Å². The summed E-state index contributed by atoms with van der Waals surface area (Å²) in [5, 5.41) is 3.10. The van der Waals surface area contributed by atoms with Gasteiger partial charge in [0.25, 0.3) is 0 Å². The fourth-order valence-corrected chi connectivity index (χ4v) is 4.18. The highest BCUT2D eigenvalue weighted by Crippen LogP contribution is 2.42. The van der Waals surface area contributed by atoms with Gasteiger partial charge in [-0.2, -0.15) is 13.2 Å². The van der Waals surface area contributed by atoms with Crippen molar-refractivity contribution in [3.05, 3.63) is 34.3 Å². The highest BCUT2D eigenvalue weighted by atomic mass is 35.5. The van der Waals surface area contributed by atoms with Crippen LogP contribution in [-0.4, -0.2) is 31.1 Å². The summed E-state index contributed by atoms with van der Waals surface area (Å²) in [7, 11) is 0. The van der Waals surface area contributed by atoms with Gasteiger partial charge in [-0.05, 0) is 36.5 Å². The molecule has 1 aliphatic carbocycles. The molecule has 0 unspecified atom stereocenters. The van der Waals surface area contributed by atoms with Crippen LogP contribution in [-0.2, 0) is 6.18 Å². The van der Waals surface area contributed by atoms with Crippen LogP contribution in [0.5, 0.6) is 0 Å². The molecule has 23 heavy (non-hydrogen) atoms. The van der Waals surface area contributed by atoms with Crippen LogP contribution in [0.15, 0.2) is 18.2 Å². The van der Waals surface area contributed by atoms with Gasteiger partial charge in [0.1, 0.15) is 0 Å². The molecule has 0 spiro atoms. The second kappa shape index (κ2) is 6.99. The third-order valence-corrected chi connectivity index (χ3v) is 5.36. The molecule has 1 saturated heterocycles. The second-order valence-electron chi connectivity index (χ2n) is 6.51. The van der Waals surface area contributed by atoms with E-state index in [0.717, 1.165) is 44.6 Å². The van der Waals surface area contributed by atoms with E-state index in [9.17, 15) is 13.2 Å². The first kappa shape index (κ1) is 17.1. The van der Waals surface area contributed by atoms with Gasteiger partial charge in [0.2, 0.25) is 0 Å². The zero-order valence-electron chi connectivity index (χ0n) is 13.0. The van der Waals surface area contributed by atoms with Crippen LogP contribution in [0.1, 0.15) is 42.9 Å². The van der Waals surface area contributed by atoms with Gasteiger partial charge in [0.15, 0.2) is 0 Å². The molecule has 2 aliphatic rings.